The average molecular weight is 488 g/mol. The van der Waals surface area contributed by atoms with Gasteiger partial charge in [-0.3, -0.25) is 5.26 Å². The van der Waals surface area contributed by atoms with E-state index in [1.54, 1.807) is 48.5 Å². The Labute approximate surface area is 207 Å². The van der Waals surface area contributed by atoms with Crippen LogP contribution in [-0.2, 0) is 11.5 Å². The summed E-state index contributed by atoms with van der Waals surface area (Å²) in [6, 6.07) is 17.5. The predicted molar refractivity (Wildman–Crippen MR) is 137 cm³/mol. The van der Waals surface area contributed by atoms with E-state index in [1.165, 1.54) is 14.2 Å². The number of fused-ring (bicyclic) bond motifs is 1. The quantitative estimate of drug-likeness (QED) is 0.103. The molecule has 184 valence electrons. The number of methoxy groups -OCH3 is 2. The van der Waals surface area contributed by atoms with E-state index in [4.69, 9.17) is 20.5 Å². The molecule has 0 saturated carbocycles. The first-order valence-electron chi connectivity index (χ1n) is 10.9. The zero-order valence-electron chi connectivity index (χ0n) is 20.0. The molecule has 0 aliphatic rings. The Balaban J connectivity index is 1.67. The second-order valence-corrected chi connectivity index (χ2v) is 7.91. The van der Waals surface area contributed by atoms with E-state index in [0.29, 0.717) is 45.3 Å². The molecule has 4 aromatic rings. The molecule has 0 aromatic heterocycles. The molecule has 0 atom stereocenters. The fraction of sp³-hybridized carbons (Fsp3) is 0.154. The van der Waals surface area contributed by atoms with Gasteiger partial charge in [-0.2, -0.15) is 5.11 Å². The summed E-state index contributed by atoms with van der Waals surface area (Å²) in [6.45, 7) is 1.93. The van der Waals surface area contributed by atoms with Crippen molar-refractivity contribution in [3.63, 3.8) is 0 Å². The minimum Gasteiger partial charge on any atom is -0.505 e. The summed E-state index contributed by atoms with van der Waals surface area (Å²) in [5, 5.41) is 37.9. The summed E-state index contributed by atoms with van der Waals surface area (Å²) in [6.07, 6.45) is 0. The lowest BCUT2D eigenvalue weighted by atomic mass is 10.0. The molecule has 10 heteroatoms. The average Bonchev–Trinajstić information content (AvgIpc) is 2.88. The number of anilines is 1. The van der Waals surface area contributed by atoms with Gasteiger partial charge in [0.15, 0.2) is 5.75 Å². The predicted octanol–water partition coefficient (Wildman–Crippen LogP) is 7.27. The van der Waals surface area contributed by atoms with Crippen molar-refractivity contribution < 1.29 is 24.7 Å². The van der Waals surface area contributed by atoms with Gasteiger partial charge in [-0.15, -0.1) is 15.3 Å². The zero-order valence-corrected chi connectivity index (χ0v) is 20.0. The lowest BCUT2D eigenvalue weighted by Crippen LogP contribution is -1.88. The van der Waals surface area contributed by atoms with Gasteiger partial charge in [0.05, 0.1) is 19.9 Å². The molecule has 0 fully saturated rings. The topological polar surface area (TPSA) is 144 Å². The van der Waals surface area contributed by atoms with Crippen molar-refractivity contribution in [1.82, 2.24) is 0 Å². The number of aryl methyl sites for hydroxylation is 1. The third-order valence-electron chi connectivity index (χ3n) is 5.48. The molecule has 0 amide bonds. The van der Waals surface area contributed by atoms with Gasteiger partial charge in [0.1, 0.15) is 35.2 Å². The maximum Gasteiger partial charge on any atom is 0.151 e. The van der Waals surface area contributed by atoms with E-state index in [-0.39, 0.29) is 12.4 Å². The second kappa shape index (κ2) is 10.8. The summed E-state index contributed by atoms with van der Waals surface area (Å²) in [4.78, 5) is 4.13. The Hall–Kier alpha value is -4.54. The SMILES string of the molecule is COc1cc(N=Nc2c(C)cc3ccc(N)cc3c2O)c(OC)cc1N=Nc1ccc(COO)cc1. The Bertz CT molecular complexity index is 1450. The number of hydrogen-bond donors (Lipinski definition) is 3. The van der Waals surface area contributed by atoms with Crippen molar-refractivity contribution in [3.05, 3.63) is 71.8 Å². The van der Waals surface area contributed by atoms with Gasteiger partial charge >= 0.3 is 0 Å². The van der Waals surface area contributed by atoms with Crippen LogP contribution in [0.3, 0.4) is 0 Å². The number of benzene rings is 4. The molecule has 0 spiro atoms. The summed E-state index contributed by atoms with van der Waals surface area (Å²) in [5.74, 6) is 0.797. The van der Waals surface area contributed by atoms with Crippen LogP contribution in [0.4, 0.5) is 28.4 Å². The molecule has 0 unspecified atom stereocenters. The van der Waals surface area contributed by atoms with Crippen molar-refractivity contribution >= 4 is 39.2 Å². The van der Waals surface area contributed by atoms with E-state index in [9.17, 15) is 5.11 Å². The van der Waals surface area contributed by atoms with Gasteiger partial charge < -0.3 is 20.3 Å². The van der Waals surface area contributed by atoms with E-state index in [2.05, 4.69) is 25.3 Å². The molecule has 0 saturated heterocycles. The second-order valence-electron chi connectivity index (χ2n) is 7.91. The van der Waals surface area contributed by atoms with Gasteiger partial charge in [-0.1, -0.05) is 18.2 Å². The van der Waals surface area contributed by atoms with Gasteiger partial charge in [0.2, 0.25) is 0 Å². The first-order chi connectivity index (χ1) is 17.4. The summed E-state index contributed by atoms with van der Waals surface area (Å²) < 4.78 is 11.0. The first kappa shape index (κ1) is 24.6. The van der Waals surface area contributed by atoms with Gasteiger partial charge in [-0.25, -0.2) is 4.89 Å². The molecule has 4 rings (SSSR count). The highest BCUT2D eigenvalue weighted by molar-refractivity contribution is 5.95. The molecule has 0 bridgehead atoms. The smallest absolute Gasteiger partial charge is 0.151 e. The maximum absolute atomic E-state index is 10.8. The van der Waals surface area contributed by atoms with Crippen molar-refractivity contribution in [1.29, 1.82) is 0 Å². The molecule has 0 aliphatic carbocycles. The number of rotatable bonds is 8. The van der Waals surface area contributed by atoms with E-state index >= 15 is 0 Å². The van der Waals surface area contributed by atoms with Crippen LogP contribution in [0.1, 0.15) is 11.1 Å². The molecular weight excluding hydrogens is 462 g/mol. The number of nitrogens with zero attached hydrogens (tertiary/aromatic N) is 4. The third kappa shape index (κ3) is 5.24. The molecule has 0 aliphatic heterocycles. The molecule has 4 N–H and O–H groups in total. The highest BCUT2D eigenvalue weighted by atomic mass is 17.1. The third-order valence-corrected chi connectivity index (χ3v) is 5.48. The molecule has 10 nitrogen and oxygen atoms in total. The number of aromatic hydroxyl groups is 1. The van der Waals surface area contributed by atoms with Crippen molar-refractivity contribution in [3.8, 4) is 17.2 Å². The largest absolute Gasteiger partial charge is 0.505 e. The molecule has 4 aromatic carbocycles. The Kier molecular flexibility index (Phi) is 7.38. The Morgan fingerprint density at radius 1 is 0.806 bits per heavy atom. The number of ether oxygens (including phenoxy) is 2. The van der Waals surface area contributed by atoms with Crippen molar-refractivity contribution in [2.45, 2.75) is 13.5 Å². The summed E-state index contributed by atoms with van der Waals surface area (Å²) >= 11 is 0. The highest BCUT2D eigenvalue weighted by Gasteiger charge is 2.14. The number of nitrogens with two attached hydrogens (primary N) is 1. The van der Waals surface area contributed by atoms with Crippen LogP contribution in [0.15, 0.2) is 81.1 Å². The zero-order chi connectivity index (χ0) is 25.7. The van der Waals surface area contributed by atoms with Gasteiger partial charge in [-0.05, 0) is 53.8 Å². The highest BCUT2D eigenvalue weighted by Crippen LogP contribution is 2.43. The molecular formula is C26H25N5O5. The van der Waals surface area contributed by atoms with Gasteiger partial charge in [0, 0.05) is 23.2 Å². The molecule has 0 heterocycles. The van der Waals surface area contributed by atoms with Crippen LogP contribution in [0.5, 0.6) is 17.2 Å². The van der Waals surface area contributed by atoms with E-state index < -0.39 is 0 Å². The molecule has 0 radical (unpaired) electrons. The fourth-order valence-electron chi connectivity index (χ4n) is 3.62. The van der Waals surface area contributed by atoms with Crippen LogP contribution in [0.2, 0.25) is 0 Å². The first-order valence-corrected chi connectivity index (χ1v) is 10.9. The van der Waals surface area contributed by atoms with Crippen LogP contribution in [0, 0.1) is 6.92 Å². The van der Waals surface area contributed by atoms with E-state index in [0.717, 1.165) is 16.5 Å². The number of phenols is 1. The Morgan fingerprint density at radius 2 is 1.44 bits per heavy atom. The minimum absolute atomic E-state index is 0.00558. The lowest BCUT2D eigenvalue weighted by Gasteiger charge is -2.10. The number of nitrogen functional groups attached to an aromatic ring is 1. The maximum atomic E-state index is 10.8. The summed E-state index contributed by atoms with van der Waals surface area (Å²) in [7, 11) is 3.01. The number of azo groups is 2. The van der Waals surface area contributed by atoms with Crippen LogP contribution in [0.25, 0.3) is 10.8 Å². The van der Waals surface area contributed by atoms with Crippen LogP contribution < -0.4 is 15.2 Å². The number of phenolic OH excluding ortho intramolecular Hbond substituents is 1. The van der Waals surface area contributed by atoms with Crippen molar-refractivity contribution in [2.24, 2.45) is 20.5 Å². The fourth-order valence-corrected chi connectivity index (χ4v) is 3.62. The van der Waals surface area contributed by atoms with Crippen LogP contribution in [-0.4, -0.2) is 24.6 Å². The minimum atomic E-state index is -0.00558. The van der Waals surface area contributed by atoms with Crippen LogP contribution >= 0.6 is 0 Å². The van der Waals surface area contributed by atoms with Gasteiger partial charge in [0.25, 0.3) is 0 Å². The molecule has 36 heavy (non-hydrogen) atoms. The summed E-state index contributed by atoms with van der Waals surface area (Å²) in [5.41, 5.74) is 9.70. The van der Waals surface area contributed by atoms with Crippen molar-refractivity contribution in [2.75, 3.05) is 20.0 Å². The standard InChI is InChI=1S/C26H25N5O5/c1-15-10-17-6-7-18(27)11-20(17)26(32)25(15)31-30-22-13-23(34-2)21(12-24(22)35-3)29-28-19-8-4-16(5-9-19)14-36-33/h4-13,32-33H,14,27H2,1-3H3. The monoisotopic (exact) mass is 487 g/mol. The normalized spacial score (nSPS) is 11.6. The lowest BCUT2D eigenvalue weighted by molar-refractivity contribution is -0.253. The number of hydrogen-bond acceptors (Lipinski definition) is 10. The van der Waals surface area contributed by atoms with E-state index in [1.807, 2.05) is 19.1 Å². The Morgan fingerprint density at radius 3 is 2.06 bits per heavy atom.